The first-order valence-electron chi connectivity index (χ1n) is 11.8. The zero-order valence-corrected chi connectivity index (χ0v) is 19.7. The molecule has 0 radical (unpaired) electrons. The number of ether oxygens (including phenoxy) is 1. The highest BCUT2D eigenvalue weighted by molar-refractivity contribution is 6.05. The van der Waals surface area contributed by atoms with Gasteiger partial charge in [0, 0.05) is 23.7 Å². The van der Waals surface area contributed by atoms with Crippen molar-refractivity contribution in [2.75, 3.05) is 10.6 Å². The number of carbonyl (C=O) groups is 2. The Morgan fingerprint density at radius 2 is 1.89 bits per heavy atom. The minimum absolute atomic E-state index is 0.0178. The van der Waals surface area contributed by atoms with E-state index in [1.54, 1.807) is 67.0 Å². The van der Waals surface area contributed by atoms with Crippen LogP contribution < -0.4 is 15.4 Å². The summed E-state index contributed by atoms with van der Waals surface area (Å²) in [6, 6.07) is 12.2. The van der Waals surface area contributed by atoms with Crippen LogP contribution in [0.5, 0.6) is 11.6 Å². The zero-order chi connectivity index (χ0) is 24.4. The van der Waals surface area contributed by atoms with Crippen molar-refractivity contribution in [1.29, 1.82) is 0 Å². The summed E-state index contributed by atoms with van der Waals surface area (Å²) in [6.07, 6.45) is 6.92. The van der Waals surface area contributed by atoms with E-state index in [1.165, 1.54) is 6.42 Å². The Hall–Kier alpha value is -4.14. The second kappa shape index (κ2) is 9.61. The van der Waals surface area contributed by atoms with Gasteiger partial charge in [-0.3, -0.25) is 9.59 Å². The van der Waals surface area contributed by atoms with Crippen molar-refractivity contribution in [3.05, 3.63) is 65.7 Å². The fourth-order valence-electron chi connectivity index (χ4n) is 4.39. The molecule has 4 aromatic rings. The molecule has 3 heterocycles. The predicted molar refractivity (Wildman–Crippen MR) is 131 cm³/mol. The molecule has 1 fully saturated rings. The number of nitrogens with zero attached hydrogens (tertiary/aromatic N) is 3. The Kier molecular flexibility index (Phi) is 6.22. The van der Waals surface area contributed by atoms with E-state index in [0.29, 0.717) is 45.9 Å². The third kappa shape index (κ3) is 5.18. The Morgan fingerprint density at radius 1 is 1.06 bits per heavy atom. The van der Waals surface area contributed by atoms with Gasteiger partial charge in [0.05, 0.1) is 11.8 Å². The van der Waals surface area contributed by atoms with Crippen molar-refractivity contribution < 1.29 is 18.7 Å². The molecule has 0 spiro atoms. The van der Waals surface area contributed by atoms with Gasteiger partial charge in [-0.25, -0.2) is 9.50 Å². The van der Waals surface area contributed by atoms with E-state index in [4.69, 9.17) is 9.15 Å². The van der Waals surface area contributed by atoms with Gasteiger partial charge in [0.25, 0.3) is 5.91 Å². The highest BCUT2D eigenvalue weighted by atomic mass is 16.5. The standard InChI is InChI=1S/C26H27N5O4/c1-16-13-21(17(2)34-16)26(33)27-19-9-6-10-20(14-19)35-24-12-11-23-28-22(15-31(23)30-24)29-25(32)18-7-4-3-5-8-18/h6,9-15,18H,3-5,7-8H2,1-2H3,(H,27,33)(H,29,32). The molecule has 0 aliphatic heterocycles. The normalized spacial score (nSPS) is 14.1. The van der Waals surface area contributed by atoms with Crippen LogP contribution in [-0.4, -0.2) is 26.4 Å². The molecule has 0 unspecified atom stereocenters. The highest BCUT2D eigenvalue weighted by Crippen LogP contribution is 2.26. The number of aryl methyl sites for hydroxylation is 2. The summed E-state index contributed by atoms with van der Waals surface area (Å²) >= 11 is 0. The maximum absolute atomic E-state index is 12.6. The summed E-state index contributed by atoms with van der Waals surface area (Å²) in [4.78, 5) is 29.5. The van der Waals surface area contributed by atoms with Crippen LogP contribution in [0.4, 0.5) is 11.5 Å². The molecular formula is C26H27N5O4. The number of hydrogen-bond donors (Lipinski definition) is 2. The number of nitrogens with one attached hydrogen (secondary N) is 2. The molecule has 0 bridgehead atoms. The van der Waals surface area contributed by atoms with E-state index in [2.05, 4.69) is 20.7 Å². The molecule has 1 aromatic carbocycles. The highest BCUT2D eigenvalue weighted by Gasteiger charge is 2.22. The lowest BCUT2D eigenvalue weighted by molar-refractivity contribution is -0.120. The third-order valence-electron chi connectivity index (χ3n) is 6.12. The molecule has 35 heavy (non-hydrogen) atoms. The summed E-state index contributed by atoms with van der Waals surface area (Å²) < 4.78 is 12.9. The predicted octanol–water partition coefficient (Wildman–Crippen LogP) is 5.50. The average molecular weight is 474 g/mol. The smallest absolute Gasteiger partial charge is 0.259 e. The monoisotopic (exact) mass is 473 g/mol. The van der Waals surface area contributed by atoms with Crippen LogP contribution in [0, 0.1) is 19.8 Å². The van der Waals surface area contributed by atoms with Gasteiger partial charge < -0.3 is 19.8 Å². The van der Waals surface area contributed by atoms with Crippen LogP contribution in [-0.2, 0) is 4.79 Å². The number of carbonyl (C=O) groups excluding carboxylic acids is 2. The molecule has 1 aliphatic carbocycles. The molecule has 2 amide bonds. The Labute approximate surface area is 202 Å². The van der Waals surface area contributed by atoms with Crippen molar-refractivity contribution in [3.63, 3.8) is 0 Å². The topological polar surface area (TPSA) is 111 Å². The maximum Gasteiger partial charge on any atom is 0.259 e. The quantitative estimate of drug-likeness (QED) is 0.382. The summed E-state index contributed by atoms with van der Waals surface area (Å²) in [6.45, 7) is 3.56. The molecule has 180 valence electrons. The van der Waals surface area contributed by atoms with Gasteiger partial charge in [-0.05, 0) is 51.0 Å². The summed E-state index contributed by atoms with van der Waals surface area (Å²) in [5, 5.41) is 10.2. The van der Waals surface area contributed by atoms with E-state index in [1.807, 2.05) is 0 Å². The fraction of sp³-hybridized carbons (Fsp3) is 0.308. The number of benzene rings is 1. The lowest BCUT2D eigenvalue weighted by Gasteiger charge is -2.19. The Morgan fingerprint density at radius 3 is 2.66 bits per heavy atom. The molecule has 0 saturated heterocycles. The number of anilines is 2. The van der Waals surface area contributed by atoms with Crippen molar-refractivity contribution >= 4 is 29.0 Å². The molecule has 9 nitrogen and oxygen atoms in total. The molecule has 0 atom stereocenters. The van der Waals surface area contributed by atoms with E-state index >= 15 is 0 Å². The summed E-state index contributed by atoms with van der Waals surface area (Å²) in [7, 11) is 0. The molecular weight excluding hydrogens is 446 g/mol. The van der Waals surface area contributed by atoms with Gasteiger partial charge in [-0.2, -0.15) is 0 Å². The van der Waals surface area contributed by atoms with Gasteiger partial charge in [0.15, 0.2) is 11.5 Å². The van der Waals surface area contributed by atoms with Crippen LogP contribution >= 0.6 is 0 Å². The van der Waals surface area contributed by atoms with Crippen LogP contribution in [0.1, 0.15) is 54.0 Å². The van der Waals surface area contributed by atoms with Gasteiger partial charge in [0.1, 0.15) is 17.3 Å². The minimum Gasteiger partial charge on any atom is -0.466 e. The Bertz CT molecular complexity index is 1380. The first kappa shape index (κ1) is 22.6. The Balaban J connectivity index is 1.26. The number of furan rings is 1. The fourth-order valence-corrected chi connectivity index (χ4v) is 4.39. The van der Waals surface area contributed by atoms with E-state index in [9.17, 15) is 9.59 Å². The van der Waals surface area contributed by atoms with E-state index in [0.717, 1.165) is 25.7 Å². The summed E-state index contributed by atoms with van der Waals surface area (Å²) in [5.41, 5.74) is 1.68. The molecule has 1 aliphatic rings. The van der Waals surface area contributed by atoms with Crippen molar-refractivity contribution in [2.24, 2.45) is 5.92 Å². The molecule has 1 saturated carbocycles. The minimum atomic E-state index is -0.253. The number of aromatic nitrogens is 3. The zero-order valence-electron chi connectivity index (χ0n) is 19.7. The van der Waals surface area contributed by atoms with Crippen LogP contribution in [0.15, 0.2) is 53.1 Å². The molecule has 9 heteroatoms. The lowest BCUT2D eigenvalue weighted by atomic mass is 9.89. The van der Waals surface area contributed by atoms with Crippen LogP contribution in [0.2, 0.25) is 0 Å². The second-order valence-electron chi connectivity index (χ2n) is 8.84. The van der Waals surface area contributed by atoms with E-state index < -0.39 is 0 Å². The number of hydrogen-bond acceptors (Lipinski definition) is 6. The van der Waals surface area contributed by atoms with Crippen LogP contribution in [0.25, 0.3) is 5.65 Å². The first-order chi connectivity index (χ1) is 16.9. The summed E-state index contributed by atoms with van der Waals surface area (Å²) in [5.74, 6) is 2.41. The third-order valence-corrected chi connectivity index (χ3v) is 6.12. The average Bonchev–Trinajstić information content (AvgIpc) is 3.40. The van der Waals surface area contributed by atoms with E-state index in [-0.39, 0.29) is 17.7 Å². The lowest BCUT2D eigenvalue weighted by Crippen LogP contribution is -2.24. The van der Waals surface area contributed by atoms with Crippen molar-refractivity contribution in [1.82, 2.24) is 14.6 Å². The number of fused-ring (bicyclic) bond motifs is 1. The van der Waals surface area contributed by atoms with Crippen molar-refractivity contribution in [2.45, 2.75) is 46.0 Å². The first-order valence-corrected chi connectivity index (χ1v) is 11.8. The SMILES string of the molecule is Cc1cc(C(=O)Nc2cccc(Oc3ccc4nc(NC(=O)C5CCCCC5)cn4n3)c2)c(C)o1. The van der Waals surface area contributed by atoms with Gasteiger partial charge in [-0.1, -0.05) is 25.3 Å². The van der Waals surface area contributed by atoms with Crippen molar-refractivity contribution in [3.8, 4) is 11.6 Å². The molecule has 3 aromatic heterocycles. The number of amides is 2. The largest absolute Gasteiger partial charge is 0.466 e. The van der Waals surface area contributed by atoms with Gasteiger partial charge in [-0.15, -0.1) is 5.10 Å². The maximum atomic E-state index is 12.6. The number of rotatable bonds is 6. The van der Waals surface area contributed by atoms with Crippen LogP contribution in [0.3, 0.4) is 0 Å². The second-order valence-corrected chi connectivity index (χ2v) is 8.84. The van der Waals surface area contributed by atoms with Gasteiger partial charge >= 0.3 is 0 Å². The molecule has 5 rings (SSSR count). The van der Waals surface area contributed by atoms with Gasteiger partial charge in [0.2, 0.25) is 11.8 Å². The molecule has 2 N–H and O–H groups in total. The number of imidazole rings is 1.